The molecule has 2 aliphatic heterocycles. The van der Waals surface area contributed by atoms with E-state index in [0.29, 0.717) is 0 Å². The third-order valence-electron chi connectivity index (χ3n) is 4.04. The molecule has 0 amide bonds. The Labute approximate surface area is 130 Å². The fraction of sp³-hybridized carbons (Fsp3) is 1.00. The van der Waals surface area contributed by atoms with Crippen molar-refractivity contribution in [3.05, 3.63) is 0 Å². The zero-order valence-electron chi connectivity index (χ0n) is 12.0. The van der Waals surface area contributed by atoms with Crippen LogP contribution in [0.25, 0.3) is 0 Å². The molecule has 0 saturated carbocycles. The van der Waals surface area contributed by atoms with Gasteiger partial charge in [-0.3, -0.25) is 0 Å². The van der Waals surface area contributed by atoms with E-state index < -0.39 is 74.6 Å². The lowest BCUT2D eigenvalue weighted by Gasteiger charge is -2.41. The highest BCUT2D eigenvalue weighted by Crippen LogP contribution is 2.33. The first-order valence-corrected chi connectivity index (χ1v) is 7.05. The van der Waals surface area contributed by atoms with E-state index in [4.69, 9.17) is 24.4 Å². The Balaban J connectivity index is 2.13. The molecule has 0 aromatic carbocycles. The van der Waals surface area contributed by atoms with Gasteiger partial charge in [-0.25, -0.2) is 0 Å². The Morgan fingerprint density at radius 2 is 1.48 bits per heavy atom. The predicted molar refractivity (Wildman–Crippen MR) is 68.6 cm³/mol. The van der Waals surface area contributed by atoms with Gasteiger partial charge in [-0.1, -0.05) is 0 Å². The van der Waals surface area contributed by atoms with Crippen LogP contribution in [0.5, 0.6) is 0 Å². The molecule has 0 aromatic heterocycles. The summed E-state index contributed by atoms with van der Waals surface area (Å²) in [6.45, 7) is -2.32. The zero-order chi connectivity index (χ0) is 17.4. The lowest BCUT2D eigenvalue weighted by atomic mass is 9.99. The van der Waals surface area contributed by atoms with Crippen molar-refractivity contribution < 1.29 is 55.1 Å². The average Bonchev–Trinajstić information content (AvgIpc) is 2.80. The van der Waals surface area contributed by atoms with Gasteiger partial charge in [-0.2, -0.15) is 0 Å². The van der Waals surface area contributed by atoms with E-state index in [0.717, 1.165) is 0 Å². The zero-order valence-corrected chi connectivity index (χ0v) is 12.0. The molecule has 2 heterocycles. The van der Waals surface area contributed by atoms with Crippen molar-refractivity contribution in [2.75, 3.05) is 19.8 Å². The van der Waals surface area contributed by atoms with Gasteiger partial charge in [0.2, 0.25) is 5.79 Å². The molecule has 2 aliphatic rings. The number of ether oxygens (including phenoxy) is 3. The molecule has 0 aromatic rings. The lowest BCUT2D eigenvalue weighted by molar-refractivity contribution is -0.318. The van der Waals surface area contributed by atoms with Gasteiger partial charge in [0, 0.05) is 0 Å². The first-order valence-electron chi connectivity index (χ1n) is 7.05. The molecule has 0 spiro atoms. The Morgan fingerprint density at radius 1 is 0.870 bits per heavy atom. The number of hydrogen-bond acceptors (Lipinski definition) is 11. The normalized spacial score (nSPS) is 51.1. The van der Waals surface area contributed by atoms with Crippen LogP contribution in [0.3, 0.4) is 0 Å². The first kappa shape index (κ1) is 18.9. The van der Waals surface area contributed by atoms with Crippen LogP contribution < -0.4 is 0 Å². The molecule has 0 aliphatic carbocycles. The summed E-state index contributed by atoms with van der Waals surface area (Å²) in [5, 5.41) is 76.5. The minimum atomic E-state index is -2.37. The summed E-state index contributed by atoms with van der Waals surface area (Å²) in [5.41, 5.74) is 0. The molecule has 136 valence electrons. The molecule has 0 bridgehead atoms. The fourth-order valence-electron chi connectivity index (χ4n) is 2.63. The van der Waals surface area contributed by atoms with Crippen LogP contribution in [0.2, 0.25) is 0 Å². The summed E-state index contributed by atoms with van der Waals surface area (Å²) < 4.78 is 15.3. The van der Waals surface area contributed by atoms with Crippen molar-refractivity contribution in [1.29, 1.82) is 0 Å². The Morgan fingerprint density at radius 3 is 2.00 bits per heavy atom. The molecule has 23 heavy (non-hydrogen) atoms. The molecule has 11 nitrogen and oxygen atoms in total. The summed E-state index contributed by atoms with van der Waals surface area (Å²) >= 11 is 0. The standard InChI is InChI=1S/C12H22O11/c13-1-4-6(16)7(17)8(18)11(21-4)22-9-5(2-14)23-12(20,3-15)10(9)19/h4-11,13-20H,1-3H2/t4?,5-,6+,7?,8?,9?,10?,11+,12-/m1/s1. The maximum Gasteiger partial charge on any atom is 0.219 e. The van der Waals surface area contributed by atoms with Crippen LogP contribution in [-0.2, 0) is 14.2 Å². The second kappa shape index (κ2) is 7.21. The van der Waals surface area contributed by atoms with E-state index in [1.165, 1.54) is 0 Å². The molecule has 9 atom stereocenters. The highest BCUT2D eigenvalue weighted by Gasteiger charge is 2.56. The van der Waals surface area contributed by atoms with E-state index in [-0.39, 0.29) is 0 Å². The maximum absolute atomic E-state index is 10.00. The lowest BCUT2D eigenvalue weighted by Crippen LogP contribution is -2.60. The summed E-state index contributed by atoms with van der Waals surface area (Å²) in [5.74, 6) is -2.37. The highest BCUT2D eigenvalue weighted by atomic mass is 16.7. The van der Waals surface area contributed by atoms with E-state index in [9.17, 15) is 30.6 Å². The van der Waals surface area contributed by atoms with E-state index in [1.807, 2.05) is 0 Å². The number of rotatable bonds is 5. The molecule has 2 fully saturated rings. The molecule has 11 heteroatoms. The Kier molecular flexibility index (Phi) is 5.92. The van der Waals surface area contributed by atoms with Crippen LogP contribution >= 0.6 is 0 Å². The topological polar surface area (TPSA) is 190 Å². The van der Waals surface area contributed by atoms with Crippen molar-refractivity contribution in [2.24, 2.45) is 0 Å². The van der Waals surface area contributed by atoms with Gasteiger partial charge in [-0.15, -0.1) is 0 Å². The minimum absolute atomic E-state index is 0.668. The van der Waals surface area contributed by atoms with Gasteiger partial charge in [0.05, 0.1) is 19.8 Å². The predicted octanol–water partition coefficient (Wildman–Crippen LogP) is -5.40. The summed E-state index contributed by atoms with van der Waals surface area (Å²) in [7, 11) is 0. The number of aliphatic hydroxyl groups is 8. The fourth-order valence-corrected chi connectivity index (χ4v) is 2.63. The second-order valence-corrected chi connectivity index (χ2v) is 5.58. The van der Waals surface area contributed by atoms with Crippen molar-refractivity contribution >= 4 is 0 Å². The van der Waals surface area contributed by atoms with Crippen LogP contribution in [-0.4, -0.2) is 115 Å². The van der Waals surface area contributed by atoms with Crippen molar-refractivity contribution in [2.45, 2.75) is 54.8 Å². The third kappa shape index (κ3) is 3.36. The van der Waals surface area contributed by atoms with Gasteiger partial charge in [0.15, 0.2) is 6.29 Å². The minimum Gasteiger partial charge on any atom is -0.394 e. The van der Waals surface area contributed by atoms with Gasteiger partial charge in [-0.05, 0) is 0 Å². The molecular weight excluding hydrogens is 320 g/mol. The molecule has 5 unspecified atom stereocenters. The van der Waals surface area contributed by atoms with Crippen LogP contribution in [0, 0.1) is 0 Å². The summed E-state index contributed by atoms with van der Waals surface area (Å²) in [6.07, 6.45) is -12.2. The maximum atomic E-state index is 10.00. The highest BCUT2D eigenvalue weighted by molar-refractivity contribution is 4.98. The molecule has 2 saturated heterocycles. The van der Waals surface area contributed by atoms with Gasteiger partial charge < -0.3 is 55.1 Å². The molecule has 8 N–H and O–H groups in total. The average molecular weight is 342 g/mol. The SMILES string of the molecule is OCC1O[C@@H](OC2C(O)[C@@](O)(CO)O[C@@H]2CO)C(O)C(O)[C@H]1O. The third-order valence-corrected chi connectivity index (χ3v) is 4.04. The summed E-state index contributed by atoms with van der Waals surface area (Å²) in [6, 6.07) is 0. The smallest absolute Gasteiger partial charge is 0.219 e. The van der Waals surface area contributed by atoms with Crippen LogP contribution in [0.15, 0.2) is 0 Å². The van der Waals surface area contributed by atoms with E-state index >= 15 is 0 Å². The number of aliphatic hydroxyl groups excluding tert-OH is 7. The largest absolute Gasteiger partial charge is 0.394 e. The monoisotopic (exact) mass is 342 g/mol. The quantitative estimate of drug-likeness (QED) is 0.238. The van der Waals surface area contributed by atoms with Crippen molar-refractivity contribution in [3.63, 3.8) is 0 Å². The second-order valence-electron chi connectivity index (χ2n) is 5.58. The van der Waals surface area contributed by atoms with Crippen LogP contribution in [0.4, 0.5) is 0 Å². The molecule has 2 rings (SSSR count). The van der Waals surface area contributed by atoms with Crippen molar-refractivity contribution in [1.82, 2.24) is 0 Å². The van der Waals surface area contributed by atoms with Gasteiger partial charge in [0.25, 0.3) is 0 Å². The molecule has 0 radical (unpaired) electrons. The Hall–Kier alpha value is -0.440. The molecular formula is C12H22O11. The first-order chi connectivity index (χ1) is 10.8. The van der Waals surface area contributed by atoms with E-state index in [2.05, 4.69) is 0 Å². The number of hydrogen-bond donors (Lipinski definition) is 8. The Bertz CT molecular complexity index is 393. The van der Waals surface area contributed by atoms with E-state index in [1.54, 1.807) is 0 Å². The summed E-state index contributed by atoms with van der Waals surface area (Å²) in [4.78, 5) is 0. The van der Waals surface area contributed by atoms with Gasteiger partial charge >= 0.3 is 0 Å². The van der Waals surface area contributed by atoms with Gasteiger partial charge in [0.1, 0.15) is 42.7 Å². The van der Waals surface area contributed by atoms with Crippen molar-refractivity contribution in [3.8, 4) is 0 Å². The van der Waals surface area contributed by atoms with Crippen LogP contribution in [0.1, 0.15) is 0 Å².